The zero-order chi connectivity index (χ0) is 41.4. The van der Waals surface area contributed by atoms with Crippen molar-refractivity contribution in [2.45, 2.75) is 35.7 Å². The second-order valence-electron chi connectivity index (χ2n) is 13.5. The smallest absolute Gasteiger partial charge is 0.314 e. The Balaban J connectivity index is 1.36. The van der Waals surface area contributed by atoms with Crippen LogP contribution in [-0.4, -0.2) is 61.1 Å². The summed E-state index contributed by atoms with van der Waals surface area (Å²) in [7, 11) is -7.12. The molecule has 0 atom stereocenters. The minimum absolute atomic E-state index is 0.0136. The van der Waals surface area contributed by atoms with Gasteiger partial charge in [0.15, 0.2) is 54.4 Å². The van der Waals surface area contributed by atoms with Crippen molar-refractivity contribution in [3.8, 4) is 45.1 Å². The van der Waals surface area contributed by atoms with Crippen molar-refractivity contribution in [2.24, 2.45) is 0 Å². The van der Waals surface area contributed by atoms with Crippen LogP contribution >= 0.6 is 0 Å². The lowest BCUT2D eigenvalue weighted by Gasteiger charge is -2.27. The molecule has 12 nitrogen and oxygen atoms in total. The van der Waals surface area contributed by atoms with E-state index in [1.165, 1.54) is 60.9 Å². The van der Waals surface area contributed by atoms with Gasteiger partial charge in [0.25, 0.3) is 0 Å². The Kier molecular flexibility index (Phi) is 11.0. The van der Waals surface area contributed by atoms with Crippen molar-refractivity contribution in [3.63, 3.8) is 0 Å². The fraction of sp³-hybridized carbons (Fsp3) is 0.179. The van der Waals surface area contributed by atoms with Crippen molar-refractivity contribution in [3.05, 3.63) is 141 Å². The van der Waals surface area contributed by atoms with Crippen LogP contribution in [0.3, 0.4) is 0 Å². The fourth-order valence-electron chi connectivity index (χ4n) is 5.62. The molecule has 0 bridgehead atoms. The van der Waals surface area contributed by atoms with Crippen molar-refractivity contribution in [2.75, 3.05) is 19.1 Å². The molecule has 0 aliphatic carbocycles. The van der Waals surface area contributed by atoms with Gasteiger partial charge in [-0.05, 0) is 73.5 Å². The first-order valence-corrected chi connectivity index (χ1v) is 20.6. The maximum Gasteiger partial charge on any atom is 0.314 e. The molecule has 57 heavy (non-hydrogen) atoms. The van der Waals surface area contributed by atoms with Gasteiger partial charge in [-0.1, -0.05) is 24.3 Å². The van der Waals surface area contributed by atoms with Gasteiger partial charge < -0.3 is 9.47 Å². The lowest BCUT2D eigenvalue weighted by Crippen LogP contribution is -2.35. The summed E-state index contributed by atoms with van der Waals surface area (Å²) in [4.78, 5) is 27.9. The summed E-state index contributed by atoms with van der Waals surface area (Å²) in [6.45, 7) is 2.95. The van der Waals surface area contributed by atoms with Crippen LogP contribution in [0.2, 0.25) is 0 Å². The highest BCUT2D eigenvalue weighted by Gasteiger charge is 2.27. The molecule has 6 aromatic rings. The Morgan fingerprint density at radius 1 is 0.596 bits per heavy atom. The summed E-state index contributed by atoms with van der Waals surface area (Å²) in [6.07, 6.45) is 4.54. The molecule has 296 valence electrons. The van der Waals surface area contributed by atoms with Crippen LogP contribution in [0.1, 0.15) is 20.3 Å². The van der Waals surface area contributed by atoms with Crippen LogP contribution in [0.4, 0.5) is 17.6 Å². The number of hydrogen-bond acceptors (Lipinski definition) is 10. The Hall–Kier alpha value is -6.14. The topological polar surface area (TPSA) is 157 Å². The van der Waals surface area contributed by atoms with E-state index < -0.39 is 59.7 Å². The van der Waals surface area contributed by atoms with E-state index >= 15 is 0 Å². The molecule has 0 aliphatic heterocycles. The van der Waals surface area contributed by atoms with Crippen LogP contribution in [0, 0.1) is 23.3 Å². The third-order valence-electron chi connectivity index (χ3n) is 8.68. The monoisotopic (exact) mass is 824 g/mol. The zero-order valence-electron chi connectivity index (χ0n) is 30.5. The number of aromatic nitrogens is 4. The highest BCUT2D eigenvalue weighted by Crippen LogP contribution is 2.32. The molecular weight excluding hydrogens is 793 g/mol. The molecule has 0 amide bonds. The van der Waals surface area contributed by atoms with Gasteiger partial charge in [-0.2, -0.15) is 19.6 Å². The maximum absolute atomic E-state index is 14.2. The molecule has 0 spiro atoms. The summed E-state index contributed by atoms with van der Waals surface area (Å²) in [5.41, 5.74) is -2.29. The summed E-state index contributed by atoms with van der Waals surface area (Å²) < 4.78 is 118. The Morgan fingerprint density at radius 2 is 1.00 bits per heavy atom. The van der Waals surface area contributed by atoms with Gasteiger partial charge in [0, 0.05) is 42.2 Å². The van der Waals surface area contributed by atoms with Gasteiger partial charge in [0.05, 0.1) is 40.2 Å². The van der Waals surface area contributed by atoms with E-state index in [4.69, 9.17) is 9.47 Å². The molecule has 0 saturated carbocycles. The molecule has 0 fully saturated rings. The second kappa shape index (κ2) is 15.4. The molecule has 0 radical (unpaired) electrons. The van der Waals surface area contributed by atoms with Crippen molar-refractivity contribution in [1.29, 1.82) is 0 Å². The van der Waals surface area contributed by atoms with Crippen LogP contribution in [0.5, 0.6) is 11.5 Å². The highest BCUT2D eigenvalue weighted by molar-refractivity contribution is 7.91. The average molecular weight is 825 g/mol. The highest BCUT2D eigenvalue weighted by atomic mass is 32.2. The predicted molar refractivity (Wildman–Crippen MR) is 201 cm³/mol. The standard InChI is InChI=1S/C39H32F4N4O8S2/c1-39(2,55-36-30(24-7-13-28(14-8-24)57(4,52)53)22-45-47(38(36)49)26-10-16-32(41)34(43)20-26)17-18-54-35-29(23-5-11-27(12-6-23)56(3,50)51)21-44-46(37(35)48)25-9-15-31(40)33(42)19-25/h5-16,19-22H,17-18H2,1-4H3. The quantitative estimate of drug-likeness (QED) is 0.132. The SMILES string of the molecule is CC(C)(CCOc1c(-c2ccc(S(C)(=O)=O)cc2)cnn(-c2ccc(F)c(F)c2)c1=O)Oc1c(-c2ccc(S(C)(=O)=O)cc2)cnn(-c2ccc(F)c(F)c2)c1=O. The number of benzene rings is 4. The first-order chi connectivity index (χ1) is 26.7. The van der Waals surface area contributed by atoms with E-state index in [2.05, 4.69) is 10.2 Å². The van der Waals surface area contributed by atoms with Gasteiger partial charge >= 0.3 is 11.1 Å². The average Bonchev–Trinajstić information content (AvgIpc) is 3.15. The lowest BCUT2D eigenvalue weighted by atomic mass is 10.0. The van der Waals surface area contributed by atoms with E-state index in [0.29, 0.717) is 11.1 Å². The summed E-state index contributed by atoms with van der Waals surface area (Å²) in [6, 6.07) is 16.6. The number of rotatable bonds is 12. The van der Waals surface area contributed by atoms with E-state index in [1.54, 1.807) is 13.8 Å². The minimum Gasteiger partial charge on any atom is -0.487 e. The van der Waals surface area contributed by atoms with E-state index in [0.717, 1.165) is 58.3 Å². The van der Waals surface area contributed by atoms with E-state index in [9.17, 15) is 44.0 Å². The molecule has 0 saturated heterocycles. The van der Waals surface area contributed by atoms with Gasteiger partial charge in [0.1, 0.15) is 5.60 Å². The van der Waals surface area contributed by atoms with Gasteiger partial charge in [-0.15, -0.1) is 0 Å². The maximum atomic E-state index is 14.2. The fourth-order valence-corrected chi connectivity index (χ4v) is 6.88. The third kappa shape index (κ3) is 8.81. The molecule has 2 aromatic heterocycles. The lowest BCUT2D eigenvalue weighted by molar-refractivity contribution is 0.0790. The van der Waals surface area contributed by atoms with Gasteiger partial charge in [-0.3, -0.25) is 9.59 Å². The summed E-state index contributed by atoms with van der Waals surface area (Å²) in [5.74, 6) is -5.32. The molecule has 0 N–H and O–H groups in total. The Morgan fingerprint density at radius 3 is 1.40 bits per heavy atom. The molecule has 4 aromatic carbocycles. The van der Waals surface area contributed by atoms with Crippen LogP contribution in [0.15, 0.2) is 117 Å². The molecule has 6 rings (SSSR count). The molecule has 0 aliphatic rings. The second-order valence-corrected chi connectivity index (χ2v) is 17.5. The number of nitrogens with zero attached hydrogens (tertiary/aromatic N) is 4. The number of ether oxygens (including phenoxy) is 2. The van der Waals surface area contributed by atoms with E-state index in [-0.39, 0.29) is 56.8 Å². The largest absolute Gasteiger partial charge is 0.487 e. The van der Waals surface area contributed by atoms with Crippen LogP contribution < -0.4 is 20.6 Å². The third-order valence-corrected chi connectivity index (χ3v) is 10.9. The number of sulfone groups is 2. The van der Waals surface area contributed by atoms with Crippen LogP contribution in [-0.2, 0) is 19.7 Å². The molecule has 18 heteroatoms. The van der Waals surface area contributed by atoms with Crippen molar-refractivity contribution >= 4 is 19.7 Å². The van der Waals surface area contributed by atoms with Crippen LogP contribution in [0.25, 0.3) is 33.6 Å². The Bertz CT molecular complexity index is 2870. The molecule has 2 heterocycles. The number of halogens is 4. The molecular formula is C39H32F4N4O8S2. The van der Waals surface area contributed by atoms with E-state index in [1.807, 2.05) is 0 Å². The zero-order valence-corrected chi connectivity index (χ0v) is 32.2. The predicted octanol–water partition coefficient (Wildman–Crippen LogP) is 6.10. The summed E-state index contributed by atoms with van der Waals surface area (Å²) in [5, 5.41) is 8.26. The summed E-state index contributed by atoms with van der Waals surface area (Å²) >= 11 is 0. The minimum atomic E-state index is -3.56. The normalized spacial score (nSPS) is 12.1. The van der Waals surface area contributed by atoms with Crippen molar-refractivity contribution in [1.82, 2.24) is 19.6 Å². The van der Waals surface area contributed by atoms with Crippen molar-refractivity contribution < 1.29 is 43.9 Å². The first kappa shape index (κ1) is 40.5. The number of hydrogen-bond donors (Lipinski definition) is 0. The Labute approximate surface area is 323 Å². The van der Waals surface area contributed by atoms with Gasteiger partial charge in [0.2, 0.25) is 0 Å². The molecule has 0 unspecified atom stereocenters. The first-order valence-electron chi connectivity index (χ1n) is 16.8. The van der Waals surface area contributed by atoms with Gasteiger partial charge in [-0.25, -0.2) is 34.4 Å².